The number of nitrogens with one attached hydrogen (secondary N) is 1. The highest BCUT2D eigenvalue weighted by Crippen LogP contribution is 2.29. The summed E-state index contributed by atoms with van der Waals surface area (Å²) in [5.74, 6) is -0.259. The summed E-state index contributed by atoms with van der Waals surface area (Å²) in [6.07, 6.45) is -0.738. The van der Waals surface area contributed by atoms with Crippen LogP contribution in [-0.4, -0.2) is 25.1 Å². The molecule has 0 aliphatic rings. The summed E-state index contributed by atoms with van der Waals surface area (Å²) >= 11 is 7.22. The van der Waals surface area contributed by atoms with Gasteiger partial charge >= 0.3 is 5.97 Å². The topological polar surface area (TPSA) is 64.6 Å². The lowest BCUT2D eigenvalue weighted by Crippen LogP contribution is -2.30. The second-order valence-electron chi connectivity index (χ2n) is 5.25. The molecule has 0 fully saturated rings. The van der Waals surface area contributed by atoms with Crippen molar-refractivity contribution in [2.45, 2.75) is 26.9 Å². The van der Waals surface area contributed by atoms with Gasteiger partial charge in [0.25, 0.3) is 5.91 Å². The Labute approximate surface area is 149 Å². The van der Waals surface area contributed by atoms with E-state index in [2.05, 4.69) is 5.32 Å². The molecule has 1 aromatic heterocycles. The van der Waals surface area contributed by atoms with Gasteiger partial charge in [0.2, 0.25) is 0 Å². The van der Waals surface area contributed by atoms with Crippen LogP contribution in [0.5, 0.6) is 5.75 Å². The quantitative estimate of drug-likeness (QED) is 0.804. The number of amides is 1. The standard InChI is InChI=1S/C17H18ClNO4S/c1-9-7-12(18)5-6-14(9)23-11(3)15(20)19-16-13(17(21)22-4)8-10(2)24-16/h5-8,11H,1-4H3,(H,19,20)/t11-/m0/s1. The van der Waals surface area contributed by atoms with E-state index in [1.165, 1.54) is 18.4 Å². The number of rotatable bonds is 5. The van der Waals surface area contributed by atoms with E-state index < -0.39 is 12.1 Å². The molecule has 0 aliphatic carbocycles. The first kappa shape index (κ1) is 18.3. The van der Waals surface area contributed by atoms with Gasteiger partial charge in [-0.2, -0.15) is 0 Å². The molecule has 0 saturated carbocycles. The van der Waals surface area contributed by atoms with E-state index in [0.717, 1.165) is 10.4 Å². The zero-order chi connectivity index (χ0) is 17.9. The molecule has 24 heavy (non-hydrogen) atoms. The van der Waals surface area contributed by atoms with Crippen molar-refractivity contribution in [2.24, 2.45) is 0 Å². The van der Waals surface area contributed by atoms with Crippen LogP contribution in [0.25, 0.3) is 0 Å². The minimum atomic E-state index is -0.738. The summed E-state index contributed by atoms with van der Waals surface area (Å²) in [6, 6.07) is 6.86. The van der Waals surface area contributed by atoms with Crippen LogP contribution in [0.15, 0.2) is 24.3 Å². The molecule has 2 aromatic rings. The number of methoxy groups -OCH3 is 1. The fourth-order valence-corrected chi connectivity index (χ4v) is 3.20. The van der Waals surface area contributed by atoms with Crippen molar-refractivity contribution in [3.8, 4) is 5.75 Å². The van der Waals surface area contributed by atoms with Gasteiger partial charge in [-0.15, -0.1) is 11.3 Å². The number of aryl methyl sites for hydroxylation is 2. The highest BCUT2D eigenvalue weighted by molar-refractivity contribution is 7.16. The first-order valence-corrected chi connectivity index (χ1v) is 8.43. The molecule has 0 saturated heterocycles. The third-order valence-corrected chi connectivity index (χ3v) is 4.51. The molecule has 0 radical (unpaired) electrons. The fraction of sp³-hybridized carbons (Fsp3) is 0.294. The van der Waals surface area contributed by atoms with Crippen LogP contribution in [0.3, 0.4) is 0 Å². The van der Waals surface area contributed by atoms with Gasteiger partial charge in [0.1, 0.15) is 10.8 Å². The number of hydrogen-bond acceptors (Lipinski definition) is 5. The molecule has 5 nitrogen and oxygen atoms in total. The molecular weight excluding hydrogens is 350 g/mol. The minimum Gasteiger partial charge on any atom is -0.481 e. The summed E-state index contributed by atoms with van der Waals surface area (Å²) in [5.41, 5.74) is 1.17. The minimum absolute atomic E-state index is 0.336. The molecule has 1 N–H and O–H groups in total. The van der Waals surface area contributed by atoms with Gasteiger partial charge in [-0.1, -0.05) is 11.6 Å². The Bertz CT molecular complexity index is 772. The highest BCUT2D eigenvalue weighted by Gasteiger charge is 2.21. The Morgan fingerprint density at radius 1 is 1.25 bits per heavy atom. The maximum atomic E-state index is 12.4. The van der Waals surface area contributed by atoms with Crippen LogP contribution >= 0.6 is 22.9 Å². The van der Waals surface area contributed by atoms with E-state index in [4.69, 9.17) is 21.1 Å². The monoisotopic (exact) mass is 367 g/mol. The largest absolute Gasteiger partial charge is 0.481 e. The van der Waals surface area contributed by atoms with Gasteiger partial charge in [-0.25, -0.2) is 4.79 Å². The third-order valence-electron chi connectivity index (χ3n) is 3.31. The van der Waals surface area contributed by atoms with E-state index >= 15 is 0 Å². The van der Waals surface area contributed by atoms with Crippen LogP contribution in [0, 0.1) is 13.8 Å². The molecule has 128 valence electrons. The van der Waals surface area contributed by atoms with Crippen LogP contribution in [0.2, 0.25) is 5.02 Å². The van der Waals surface area contributed by atoms with Crippen LogP contribution in [0.4, 0.5) is 5.00 Å². The maximum absolute atomic E-state index is 12.4. The Hall–Kier alpha value is -2.05. The normalized spacial score (nSPS) is 11.7. The average molecular weight is 368 g/mol. The number of carbonyl (C=O) groups excluding carboxylic acids is 2. The summed E-state index contributed by atoms with van der Waals surface area (Å²) in [7, 11) is 1.30. The van der Waals surface area contributed by atoms with Gasteiger partial charge in [0.05, 0.1) is 12.7 Å². The van der Waals surface area contributed by atoms with Crippen LogP contribution in [-0.2, 0) is 9.53 Å². The lowest BCUT2D eigenvalue weighted by Gasteiger charge is -2.16. The zero-order valence-corrected chi connectivity index (χ0v) is 15.4. The van der Waals surface area contributed by atoms with Gasteiger partial charge in [-0.3, -0.25) is 4.79 Å². The first-order chi connectivity index (χ1) is 11.3. The van der Waals surface area contributed by atoms with Gasteiger partial charge in [0, 0.05) is 9.90 Å². The summed E-state index contributed by atoms with van der Waals surface area (Å²) in [6.45, 7) is 5.34. The van der Waals surface area contributed by atoms with Crippen molar-refractivity contribution in [1.82, 2.24) is 0 Å². The van der Waals surface area contributed by atoms with Crippen molar-refractivity contribution in [1.29, 1.82) is 0 Å². The smallest absolute Gasteiger partial charge is 0.340 e. The van der Waals surface area contributed by atoms with E-state index in [1.54, 1.807) is 31.2 Å². The lowest BCUT2D eigenvalue weighted by molar-refractivity contribution is -0.122. The Balaban J connectivity index is 2.10. The van der Waals surface area contributed by atoms with Crippen molar-refractivity contribution in [2.75, 3.05) is 12.4 Å². The highest BCUT2D eigenvalue weighted by atomic mass is 35.5. The third kappa shape index (κ3) is 4.27. The van der Waals surface area contributed by atoms with Gasteiger partial charge in [0.15, 0.2) is 6.10 Å². The SMILES string of the molecule is COC(=O)c1cc(C)sc1NC(=O)[C@H](C)Oc1ccc(Cl)cc1C. The molecule has 7 heteroatoms. The number of benzene rings is 1. The lowest BCUT2D eigenvalue weighted by atomic mass is 10.2. The van der Waals surface area contributed by atoms with Crippen molar-refractivity contribution >= 4 is 39.8 Å². The molecule has 1 heterocycles. The second kappa shape index (κ2) is 7.68. The number of halogens is 1. The van der Waals surface area contributed by atoms with Crippen molar-refractivity contribution in [3.05, 3.63) is 45.3 Å². The molecule has 1 aromatic carbocycles. The second-order valence-corrected chi connectivity index (χ2v) is 6.94. The Morgan fingerprint density at radius 2 is 1.96 bits per heavy atom. The number of hydrogen-bond donors (Lipinski definition) is 1. The number of carbonyl (C=O) groups is 2. The molecular formula is C17H18ClNO4S. The molecule has 2 rings (SSSR count). The van der Waals surface area contributed by atoms with E-state index in [9.17, 15) is 9.59 Å². The molecule has 0 aliphatic heterocycles. The van der Waals surface area contributed by atoms with Crippen LogP contribution in [0.1, 0.15) is 27.7 Å². The van der Waals surface area contributed by atoms with Crippen molar-refractivity contribution < 1.29 is 19.1 Å². The summed E-state index contributed by atoms with van der Waals surface area (Å²) in [4.78, 5) is 25.0. The number of thiophene rings is 1. The van der Waals surface area contributed by atoms with Crippen molar-refractivity contribution in [3.63, 3.8) is 0 Å². The van der Waals surface area contributed by atoms with Crippen LogP contribution < -0.4 is 10.1 Å². The fourth-order valence-electron chi connectivity index (χ4n) is 2.07. The van der Waals surface area contributed by atoms with Gasteiger partial charge < -0.3 is 14.8 Å². The number of esters is 1. The first-order valence-electron chi connectivity index (χ1n) is 7.24. The summed E-state index contributed by atoms with van der Waals surface area (Å²) in [5, 5.41) is 3.78. The van der Waals surface area contributed by atoms with E-state index in [1.807, 2.05) is 13.8 Å². The average Bonchev–Trinajstić information content (AvgIpc) is 2.89. The Morgan fingerprint density at radius 3 is 2.58 bits per heavy atom. The maximum Gasteiger partial charge on any atom is 0.340 e. The predicted octanol–water partition coefficient (Wildman–Crippen LogP) is 4.21. The van der Waals surface area contributed by atoms with E-state index in [0.29, 0.717) is 21.3 Å². The Kier molecular flexibility index (Phi) is 5.85. The predicted molar refractivity (Wildman–Crippen MR) is 95.3 cm³/mol. The number of ether oxygens (including phenoxy) is 2. The molecule has 0 bridgehead atoms. The molecule has 0 spiro atoms. The molecule has 1 amide bonds. The molecule has 0 unspecified atom stereocenters. The zero-order valence-electron chi connectivity index (χ0n) is 13.8. The molecule has 1 atom stereocenters. The number of anilines is 1. The summed E-state index contributed by atoms with van der Waals surface area (Å²) < 4.78 is 10.4. The van der Waals surface area contributed by atoms with E-state index in [-0.39, 0.29) is 5.91 Å². The van der Waals surface area contributed by atoms with Gasteiger partial charge in [-0.05, 0) is 50.6 Å².